The number of nitrogens with zero attached hydrogens (tertiary/aromatic N) is 2. The Kier molecular flexibility index (Phi) is 3.33. The van der Waals surface area contributed by atoms with Gasteiger partial charge in [0.2, 0.25) is 0 Å². The molecule has 1 fully saturated rings. The van der Waals surface area contributed by atoms with Crippen LogP contribution >= 0.6 is 0 Å². The van der Waals surface area contributed by atoms with E-state index in [9.17, 15) is 0 Å². The lowest BCUT2D eigenvalue weighted by molar-refractivity contribution is 0.242. The maximum absolute atomic E-state index is 6.22. The molecule has 1 aliphatic carbocycles. The molecule has 2 rings (SSSR count). The van der Waals surface area contributed by atoms with Crippen molar-refractivity contribution in [1.82, 2.24) is 9.78 Å². The Morgan fingerprint density at radius 2 is 2.25 bits per heavy atom. The van der Waals surface area contributed by atoms with E-state index < -0.39 is 0 Å². The first-order valence-corrected chi connectivity index (χ1v) is 6.31. The van der Waals surface area contributed by atoms with Gasteiger partial charge in [0.05, 0.1) is 5.69 Å². The summed E-state index contributed by atoms with van der Waals surface area (Å²) in [6.07, 6.45) is 4.83. The number of rotatable bonds is 2. The minimum Gasteiger partial charge on any atom is -0.327 e. The molecule has 16 heavy (non-hydrogen) atoms. The summed E-state index contributed by atoms with van der Waals surface area (Å²) in [5.74, 6) is 1.47. The van der Waals surface area contributed by atoms with Crippen LogP contribution in [0.2, 0.25) is 0 Å². The maximum Gasteiger partial charge on any atom is 0.0596 e. The standard InChI is InChI=1S/C13H23N3/c1-9-4-5-13(14)11(6-9)8-12-7-10(2)15-16(12)3/h7,9,11,13H,4-6,8,14H2,1-3H3. The van der Waals surface area contributed by atoms with E-state index >= 15 is 0 Å². The zero-order chi connectivity index (χ0) is 11.7. The first kappa shape index (κ1) is 11.6. The molecule has 1 aromatic heterocycles. The summed E-state index contributed by atoms with van der Waals surface area (Å²) in [6.45, 7) is 4.39. The van der Waals surface area contributed by atoms with Gasteiger partial charge in [0.1, 0.15) is 0 Å². The van der Waals surface area contributed by atoms with Crippen molar-refractivity contribution in [2.45, 2.75) is 45.6 Å². The smallest absolute Gasteiger partial charge is 0.0596 e. The number of hydrogen-bond donors (Lipinski definition) is 1. The molecular weight excluding hydrogens is 198 g/mol. The maximum atomic E-state index is 6.22. The molecule has 1 aromatic rings. The molecule has 90 valence electrons. The Balaban J connectivity index is 2.05. The molecule has 0 aliphatic heterocycles. The van der Waals surface area contributed by atoms with Crippen LogP contribution in [0.25, 0.3) is 0 Å². The third kappa shape index (κ3) is 2.46. The highest BCUT2D eigenvalue weighted by Gasteiger charge is 2.26. The normalized spacial score (nSPS) is 30.6. The van der Waals surface area contributed by atoms with E-state index in [1.807, 2.05) is 18.7 Å². The summed E-state index contributed by atoms with van der Waals surface area (Å²) in [5.41, 5.74) is 8.65. The molecule has 3 unspecified atom stereocenters. The Hall–Kier alpha value is -0.830. The van der Waals surface area contributed by atoms with Gasteiger partial charge < -0.3 is 5.73 Å². The molecule has 2 N–H and O–H groups in total. The lowest BCUT2D eigenvalue weighted by Crippen LogP contribution is -2.37. The fourth-order valence-corrected chi connectivity index (χ4v) is 2.88. The summed E-state index contributed by atoms with van der Waals surface area (Å²) >= 11 is 0. The second-order valence-electron chi connectivity index (χ2n) is 5.45. The van der Waals surface area contributed by atoms with Gasteiger partial charge in [-0.2, -0.15) is 5.10 Å². The SMILES string of the molecule is Cc1cc(CC2CC(C)CCC2N)n(C)n1. The van der Waals surface area contributed by atoms with E-state index in [0.29, 0.717) is 12.0 Å². The highest BCUT2D eigenvalue weighted by Crippen LogP contribution is 2.30. The Bertz CT molecular complexity index is 356. The second-order valence-corrected chi connectivity index (χ2v) is 5.45. The summed E-state index contributed by atoms with van der Waals surface area (Å²) < 4.78 is 2.00. The van der Waals surface area contributed by atoms with Crippen LogP contribution < -0.4 is 5.73 Å². The number of hydrogen-bond acceptors (Lipinski definition) is 2. The zero-order valence-corrected chi connectivity index (χ0v) is 10.6. The molecule has 0 amide bonds. The molecular formula is C13H23N3. The largest absolute Gasteiger partial charge is 0.327 e. The molecule has 3 heteroatoms. The zero-order valence-electron chi connectivity index (χ0n) is 10.6. The van der Waals surface area contributed by atoms with Crippen molar-refractivity contribution in [3.8, 4) is 0 Å². The average molecular weight is 221 g/mol. The summed E-state index contributed by atoms with van der Waals surface area (Å²) in [5, 5.41) is 4.40. The predicted molar refractivity (Wildman–Crippen MR) is 66.1 cm³/mol. The van der Waals surface area contributed by atoms with Crippen molar-refractivity contribution in [1.29, 1.82) is 0 Å². The van der Waals surface area contributed by atoms with Crippen LogP contribution in [0.5, 0.6) is 0 Å². The highest BCUT2D eigenvalue weighted by molar-refractivity contribution is 5.10. The minimum absolute atomic E-state index is 0.381. The highest BCUT2D eigenvalue weighted by atomic mass is 15.3. The van der Waals surface area contributed by atoms with Crippen LogP contribution in [0.15, 0.2) is 6.07 Å². The number of nitrogens with two attached hydrogens (primary N) is 1. The fraction of sp³-hybridized carbons (Fsp3) is 0.769. The van der Waals surface area contributed by atoms with Crippen LogP contribution in [0.4, 0.5) is 0 Å². The molecule has 0 aromatic carbocycles. The van der Waals surface area contributed by atoms with Gasteiger partial charge in [-0.25, -0.2) is 0 Å². The van der Waals surface area contributed by atoms with Crippen LogP contribution in [0, 0.1) is 18.8 Å². The van der Waals surface area contributed by atoms with Crippen molar-refractivity contribution in [3.05, 3.63) is 17.5 Å². The van der Waals surface area contributed by atoms with E-state index in [4.69, 9.17) is 5.73 Å². The Labute approximate surface area is 98.0 Å². The third-order valence-electron chi connectivity index (χ3n) is 3.87. The van der Waals surface area contributed by atoms with E-state index in [1.54, 1.807) is 0 Å². The lowest BCUT2D eigenvalue weighted by Gasteiger charge is -2.32. The van der Waals surface area contributed by atoms with Gasteiger partial charge >= 0.3 is 0 Å². The first-order chi connectivity index (χ1) is 7.56. The summed E-state index contributed by atoms with van der Waals surface area (Å²) in [7, 11) is 2.03. The Morgan fingerprint density at radius 3 is 2.88 bits per heavy atom. The van der Waals surface area contributed by atoms with E-state index in [1.165, 1.54) is 25.0 Å². The van der Waals surface area contributed by atoms with Crippen LogP contribution in [0.1, 0.15) is 37.6 Å². The van der Waals surface area contributed by atoms with Crippen LogP contribution in [0.3, 0.4) is 0 Å². The fourth-order valence-electron chi connectivity index (χ4n) is 2.88. The topological polar surface area (TPSA) is 43.8 Å². The van der Waals surface area contributed by atoms with E-state index in [0.717, 1.165) is 18.0 Å². The molecule has 0 spiro atoms. The van der Waals surface area contributed by atoms with Crippen molar-refractivity contribution < 1.29 is 0 Å². The van der Waals surface area contributed by atoms with Gasteiger partial charge in [-0.1, -0.05) is 6.92 Å². The quantitative estimate of drug-likeness (QED) is 0.830. The van der Waals surface area contributed by atoms with Crippen molar-refractivity contribution in [2.75, 3.05) is 0 Å². The first-order valence-electron chi connectivity index (χ1n) is 6.31. The molecule has 0 radical (unpaired) electrons. The molecule has 1 saturated carbocycles. The number of aryl methyl sites for hydroxylation is 2. The average Bonchev–Trinajstić information content (AvgIpc) is 2.51. The summed E-state index contributed by atoms with van der Waals surface area (Å²) in [6, 6.07) is 2.57. The van der Waals surface area contributed by atoms with Crippen LogP contribution in [-0.2, 0) is 13.5 Å². The van der Waals surface area contributed by atoms with Gasteiger partial charge in [0.15, 0.2) is 0 Å². The number of aromatic nitrogens is 2. The van der Waals surface area contributed by atoms with Crippen molar-refractivity contribution in [3.63, 3.8) is 0 Å². The van der Waals surface area contributed by atoms with E-state index in [-0.39, 0.29) is 0 Å². The predicted octanol–water partition coefficient (Wildman–Crippen LogP) is 2.03. The lowest BCUT2D eigenvalue weighted by atomic mass is 9.77. The van der Waals surface area contributed by atoms with Gasteiger partial charge in [-0.15, -0.1) is 0 Å². The molecule has 3 atom stereocenters. The monoisotopic (exact) mass is 221 g/mol. The van der Waals surface area contributed by atoms with E-state index in [2.05, 4.69) is 18.1 Å². The van der Waals surface area contributed by atoms with Crippen LogP contribution in [-0.4, -0.2) is 15.8 Å². The molecule has 1 heterocycles. The van der Waals surface area contributed by atoms with Gasteiger partial charge in [0, 0.05) is 18.8 Å². The van der Waals surface area contributed by atoms with Crippen molar-refractivity contribution in [2.24, 2.45) is 24.6 Å². The molecule has 0 bridgehead atoms. The second kappa shape index (κ2) is 4.58. The minimum atomic E-state index is 0.381. The molecule has 1 aliphatic rings. The van der Waals surface area contributed by atoms with Gasteiger partial charge in [-0.05, 0) is 50.5 Å². The molecule has 3 nitrogen and oxygen atoms in total. The van der Waals surface area contributed by atoms with Gasteiger partial charge in [0.25, 0.3) is 0 Å². The molecule has 0 saturated heterocycles. The third-order valence-corrected chi connectivity index (χ3v) is 3.87. The summed E-state index contributed by atoms with van der Waals surface area (Å²) in [4.78, 5) is 0. The Morgan fingerprint density at radius 1 is 1.50 bits per heavy atom. The van der Waals surface area contributed by atoms with Gasteiger partial charge in [-0.3, -0.25) is 4.68 Å². The van der Waals surface area contributed by atoms with Crippen molar-refractivity contribution >= 4 is 0 Å².